The second-order valence-corrected chi connectivity index (χ2v) is 7.24. The quantitative estimate of drug-likeness (QED) is 0.754. The third-order valence-electron chi connectivity index (χ3n) is 3.36. The monoisotopic (exact) mass is 371 g/mol. The molecule has 0 saturated heterocycles. The molecule has 24 heavy (non-hydrogen) atoms. The van der Waals surface area contributed by atoms with Crippen LogP contribution >= 0.6 is 11.6 Å². The van der Waals surface area contributed by atoms with Crippen LogP contribution in [-0.4, -0.2) is 40.8 Å². The highest BCUT2D eigenvalue weighted by molar-refractivity contribution is 7.86. The summed E-state index contributed by atoms with van der Waals surface area (Å²) in [4.78, 5) is 11.6. The number of fused-ring (bicyclic) bond motifs is 1. The van der Waals surface area contributed by atoms with E-state index in [1.807, 2.05) is 30.3 Å². The van der Waals surface area contributed by atoms with Crippen molar-refractivity contribution < 1.29 is 22.1 Å². The first-order valence-electron chi connectivity index (χ1n) is 7.16. The predicted molar refractivity (Wildman–Crippen MR) is 93.0 cm³/mol. The molecule has 0 spiro atoms. The molecule has 1 N–H and O–H groups in total. The number of rotatable bonds is 7. The van der Waals surface area contributed by atoms with E-state index < -0.39 is 22.6 Å². The maximum Gasteiger partial charge on any atom is 0.264 e. The van der Waals surface area contributed by atoms with Crippen LogP contribution in [0.4, 0.5) is 0 Å². The number of hydrogen-bond donors (Lipinski definition) is 1. The van der Waals surface area contributed by atoms with Crippen molar-refractivity contribution >= 4 is 38.4 Å². The molecular weight excluding hydrogens is 354 g/mol. The second kappa shape index (κ2) is 7.83. The summed E-state index contributed by atoms with van der Waals surface area (Å²) in [6, 6.07) is 9.51. The van der Waals surface area contributed by atoms with Crippen molar-refractivity contribution in [2.45, 2.75) is 6.42 Å². The smallest absolute Gasteiger partial charge is 0.264 e. The van der Waals surface area contributed by atoms with Gasteiger partial charge in [0.1, 0.15) is 12.4 Å². The minimum Gasteiger partial charge on any atom is -0.495 e. The highest BCUT2D eigenvalue weighted by Gasteiger charge is 2.09. The maximum atomic E-state index is 11.6. The third kappa shape index (κ3) is 5.09. The molecule has 0 saturated carbocycles. The Labute approximate surface area is 145 Å². The molecule has 0 unspecified atom stereocenters. The van der Waals surface area contributed by atoms with E-state index >= 15 is 0 Å². The summed E-state index contributed by atoms with van der Waals surface area (Å²) < 4.78 is 31.4. The van der Waals surface area contributed by atoms with Crippen LogP contribution in [0.3, 0.4) is 0 Å². The topological polar surface area (TPSA) is 81.7 Å². The van der Waals surface area contributed by atoms with E-state index in [1.54, 1.807) is 7.11 Å². The highest BCUT2D eigenvalue weighted by atomic mass is 35.5. The predicted octanol–water partition coefficient (Wildman–Crippen LogP) is 2.14. The van der Waals surface area contributed by atoms with Crippen molar-refractivity contribution in [2.75, 3.05) is 26.5 Å². The Kier molecular flexibility index (Phi) is 6.04. The zero-order valence-corrected chi connectivity index (χ0v) is 14.9. The van der Waals surface area contributed by atoms with Gasteiger partial charge < -0.3 is 10.1 Å². The van der Waals surface area contributed by atoms with Gasteiger partial charge in [-0.15, -0.1) is 0 Å². The van der Waals surface area contributed by atoms with E-state index in [9.17, 15) is 13.2 Å². The Morgan fingerprint density at radius 3 is 2.71 bits per heavy atom. The summed E-state index contributed by atoms with van der Waals surface area (Å²) in [5.41, 5.74) is 1.02. The number of halogens is 1. The minimum atomic E-state index is -3.62. The molecule has 2 aromatic rings. The maximum absolute atomic E-state index is 11.6. The molecular formula is C16H18ClNO5S. The lowest BCUT2D eigenvalue weighted by Gasteiger charge is -2.10. The van der Waals surface area contributed by atoms with Gasteiger partial charge in [-0.1, -0.05) is 29.8 Å². The number of carbonyl (C=O) groups is 1. The van der Waals surface area contributed by atoms with Crippen LogP contribution < -0.4 is 10.1 Å². The largest absolute Gasteiger partial charge is 0.495 e. The number of benzene rings is 2. The Bertz CT molecular complexity index is 851. The zero-order chi connectivity index (χ0) is 17.7. The van der Waals surface area contributed by atoms with Crippen LogP contribution in [0.15, 0.2) is 30.3 Å². The molecule has 8 heteroatoms. The lowest BCUT2D eigenvalue weighted by molar-refractivity contribution is -0.122. The Balaban J connectivity index is 2.04. The molecule has 0 fully saturated rings. The summed E-state index contributed by atoms with van der Waals surface area (Å²) in [6.07, 6.45) is 1.47. The molecule has 0 heterocycles. The van der Waals surface area contributed by atoms with E-state index in [-0.39, 0.29) is 0 Å². The average Bonchev–Trinajstić information content (AvgIpc) is 2.51. The van der Waals surface area contributed by atoms with Gasteiger partial charge in [-0.3, -0.25) is 8.98 Å². The molecule has 0 aromatic heterocycles. The Hall–Kier alpha value is -1.83. The molecule has 0 aliphatic rings. The van der Waals surface area contributed by atoms with E-state index in [0.29, 0.717) is 23.7 Å². The Morgan fingerprint density at radius 2 is 2.04 bits per heavy atom. The summed E-state index contributed by atoms with van der Waals surface area (Å²) in [5.74, 6) is 0.100. The fourth-order valence-corrected chi connectivity index (χ4v) is 2.84. The zero-order valence-electron chi connectivity index (χ0n) is 13.3. The van der Waals surface area contributed by atoms with E-state index in [4.69, 9.17) is 16.3 Å². The van der Waals surface area contributed by atoms with Crippen molar-refractivity contribution in [3.8, 4) is 5.75 Å². The van der Waals surface area contributed by atoms with Gasteiger partial charge in [0.15, 0.2) is 0 Å². The summed E-state index contributed by atoms with van der Waals surface area (Å²) in [6.45, 7) is -0.159. The van der Waals surface area contributed by atoms with Gasteiger partial charge in [0, 0.05) is 6.54 Å². The fraction of sp³-hybridized carbons (Fsp3) is 0.312. The number of carbonyl (C=O) groups excluding carboxylic acids is 1. The standard InChI is InChI=1S/C16H18ClNO5S/c1-22-15-9-13-11(4-3-5-12(13)8-14(15)17)6-7-18-16(19)10-23-24(2,20)21/h3-5,8-9H,6-7,10H2,1-2H3,(H,18,19). The summed E-state index contributed by atoms with van der Waals surface area (Å²) in [7, 11) is -2.07. The third-order valence-corrected chi connectivity index (χ3v) is 4.21. The van der Waals surface area contributed by atoms with Crippen LogP contribution in [0.5, 0.6) is 5.75 Å². The number of methoxy groups -OCH3 is 1. The van der Waals surface area contributed by atoms with Crippen LogP contribution in [0.1, 0.15) is 5.56 Å². The van der Waals surface area contributed by atoms with Gasteiger partial charge in [-0.05, 0) is 34.9 Å². The van der Waals surface area contributed by atoms with Crippen molar-refractivity contribution in [3.63, 3.8) is 0 Å². The molecule has 6 nitrogen and oxygen atoms in total. The highest BCUT2D eigenvalue weighted by Crippen LogP contribution is 2.31. The first kappa shape index (κ1) is 18.5. The molecule has 0 bridgehead atoms. The van der Waals surface area contributed by atoms with Crippen molar-refractivity contribution in [3.05, 3.63) is 40.9 Å². The summed E-state index contributed by atoms with van der Waals surface area (Å²) >= 11 is 6.13. The average molecular weight is 372 g/mol. The lowest BCUT2D eigenvalue weighted by Crippen LogP contribution is -2.30. The minimum absolute atomic E-state index is 0.357. The molecule has 2 rings (SSSR count). The number of nitrogens with one attached hydrogen (secondary N) is 1. The van der Waals surface area contributed by atoms with Crippen LogP contribution in [-0.2, 0) is 25.5 Å². The lowest BCUT2D eigenvalue weighted by atomic mass is 10.0. The SMILES string of the molecule is COc1cc2c(CCNC(=O)COS(C)(=O)=O)cccc2cc1Cl. The van der Waals surface area contributed by atoms with Crippen molar-refractivity contribution in [2.24, 2.45) is 0 Å². The van der Waals surface area contributed by atoms with Gasteiger partial charge in [0.05, 0.1) is 18.4 Å². The molecule has 0 radical (unpaired) electrons. The van der Waals surface area contributed by atoms with Crippen LogP contribution in [0.25, 0.3) is 10.8 Å². The van der Waals surface area contributed by atoms with Gasteiger partial charge in [0.2, 0.25) is 5.91 Å². The molecule has 2 aromatic carbocycles. The number of ether oxygens (including phenoxy) is 1. The van der Waals surface area contributed by atoms with Crippen LogP contribution in [0, 0.1) is 0 Å². The van der Waals surface area contributed by atoms with Crippen molar-refractivity contribution in [1.82, 2.24) is 5.32 Å². The molecule has 1 amide bonds. The normalized spacial score (nSPS) is 11.5. The molecule has 0 atom stereocenters. The van der Waals surface area contributed by atoms with E-state index in [2.05, 4.69) is 9.50 Å². The van der Waals surface area contributed by atoms with Gasteiger partial charge in [-0.25, -0.2) is 0 Å². The van der Waals surface area contributed by atoms with E-state index in [0.717, 1.165) is 22.6 Å². The van der Waals surface area contributed by atoms with Crippen LogP contribution in [0.2, 0.25) is 5.02 Å². The fourth-order valence-electron chi connectivity index (χ4n) is 2.27. The first-order chi connectivity index (χ1) is 11.3. The van der Waals surface area contributed by atoms with Gasteiger partial charge in [0.25, 0.3) is 10.1 Å². The van der Waals surface area contributed by atoms with Crippen molar-refractivity contribution in [1.29, 1.82) is 0 Å². The number of amides is 1. The van der Waals surface area contributed by atoms with Gasteiger partial charge in [-0.2, -0.15) is 8.42 Å². The first-order valence-corrected chi connectivity index (χ1v) is 9.36. The van der Waals surface area contributed by atoms with E-state index in [1.165, 1.54) is 0 Å². The second-order valence-electron chi connectivity index (χ2n) is 5.19. The molecule has 130 valence electrons. The molecule has 0 aliphatic heterocycles. The number of hydrogen-bond acceptors (Lipinski definition) is 5. The summed E-state index contributed by atoms with van der Waals surface area (Å²) in [5, 5.41) is 5.12. The Morgan fingerprint density at radius 1 is 1.29 bits per heavy atom. The molecule has 0 aliphatic carbocycles. The van der Waals surface area contributed by atoms with Gasteiger partial charge >= 0.3 is 0 Å².